The molecule has 1 heterocycles. The SMILES string of the molecule is CCCCN(C(=O)COC(=O)Cc1ccc(Br)cc1)c1c(N)n(CCC)c(=O)[nH]c1=O. The second-order valence-electron chi connectivity index (χ2n) is 7.01. The number of hydrogen-bond acceptors (Lipinski definition) is 6. The van der Waals surface area contributed by atoms with Crippen molar-refractivity contribution in [1.82, 2.24) is 9.55 Å². The number of benzene rings is 1. The number of halogens is 1. The molecular weight excluding hydrogens is 468 g/mol. The summed E-state index contributed by atoms with van der Waals surface area (Å²) in [4.78, 5) is 53.0. The summed E-state index contributed by atoms with van der Waals surface area (Å²) < 4.78 is 7.25. The van der Waals surface area contributed by atoms with E-state index in [1.165, 1.54) is 9.47 Å². The van der Waals surface area contributed by atoms with Crippen molar-refractivity contribution in [3.05, 3.63) is 55.1 Å². The van der Waals surface area contributed by atoms with Crippen LogP contribution in [0.1, 0.15) is 38.7 Å². The first kappa shape index (κ1) is 24.4. The van der Waals surface area contributed by atoms with E-state index in [0.717, 1.165) is 16.5 Å². The van der Waals surface area contributed by atoms with Gasteiger partial charge in [-0.1, -0.05) is 48.3 Å². The van der Waals surface area contributed by atoms with Crippen molar-refractivity contribution in [2.75, 3.05) is 23.8 Å². The lowest BCUT2D eigenvalue weighted by molar-refractivity contribution is -0.147. The molecule has 0 unspecified atom stereocenters. The van der Waals surface area contributed by atoms with Crippen LogP contribution in [0.4, 0.5) is 11.5 Å². The number of carbonyl (C=O) groups excluding carboxylic acids is 2. The number of nitrogens with zero attached hydrogens (tertiary/aromatic N) is 2. The molecule has 0 saturated carbocycles. The van der Waals surface area contributed by atoms with E-state index in [9.17, 15) is 19.2 Å². The average Bonchev–Trinajstić information content (AvgIpc) is 2.73. The van der Waals surface area contributed by atoms with Crippen LogP contribution in [0, 0.1) is 0 Å². The summed E-state index contributed by atoms with van der Waals surface area (Å²) in [6.07, 6.45) is 2.00. The molecule has 9 nitrogen and oxygen atoms in total. The van der Waals surface area contributed by atoms with Gasteiger partial charge in [0.05, 0.1) is 6.42 Å². The fraction of sp³-hybridized carbons (Fsp3) is 0.429. The number of aromatic nitrogens is 2. The molecule has 1 aromatic carbocycles. The molecule has 2 aromatic rings. The number of nitrogen functional groups attached to an aromatic ring is 1. The topological polar surface area (TPSA) is 127 Å². The number of nitrogens with two attached hydrogens (primary N) is 1. The number of carbonyl (C=O) groups is 2. The Morgan fingerprint density at radius 1 is 1.16 bits per heavy atom. The third-order valence-electron chi connectivity index (χ3n) is 4.59. The molecule has 0 spiro atoms. The molecule has 31 heavy (non-hydrogen) atoms. The van der Waals surface area contributed by atoms with Crippen LogP contribution in [0.25, 0.3) is 0 Å². The summed E-state index contributed by atoms with van der Waals surface area (Å²) in [6.45, 7) is 3.77. The third kappa shape index (κ3) is 6.55. The van der Waals surface area contributed by atoms with E-state index in [1.54, 1.807) is 24.3 Å². The van der Waals surface area contributed by atoms with E-state index in [4.69, 9.17) is 10.5 Å². The van der Waals surface area contributed by atoms with Gasteiger partial charge in [-0.2, -0.15) is 0 Å². The predicted molar refractivity (Wildman–Crippen MR) is 122 cm³/mol. The number of hydrogen-bond donors (Lipinski definition) is 2. The summed E-state index contributed by atoms with van der Waals surface area (Å²) in [5, 5.41) is 0. The predicted octanol–water partition coefficient (Wildman–Crippen LogP) is 2.21. The molecule has 1 amide bonds. The summed E-state index contributed by atoms with van der Waals surface area (Å²) in [5.74, 6) is -1.23. The zero-order valence-electron chi connectivity index (χ0n) is 17.7. The maximum absolute atomic E-state index is 12.9. The second kappa shape index (κ2) is 11.5. The molecule has 10 heteroatoms. The maximum atomic E-state index is 12.9. The van der Waals surface area contributed by atoms with Gasteiger partial charge in [-0.3, -0.25) is 23.9 Å². The lowest BCUT2D eigenvalue weighted by atomic mass is 10.2. The lowest BCUT2D eigenvalue weighted by Crippen LogP contribution is -2.43. The van der Waals surface area contributed by atoms with E-state index >= 15 is 0 Å². The molecule has 0 aliphatic rings. The first-order chi connectivity index (χ1) is 14.8. The zero-order chi connectivity index (χ0) is 23.0. The highest BCUT2D eigenvalue weighted by Crippen LogP contribution is 2.18. The number of H-pyrrole nitrogens is 1. The number of esters is 1. The number of anilines is 2. The standard InChI is InChI=1S/C21H27BrN4O5/c1-3-5-11-25(18-19(23)26(10-4-2)21(30)24-20(18)29)16(27)13-31-17(28)12-14-6-8-15(22)9-7-14/h6-9H,3-5,10-13,23H2,1-2H3,(H,24,29,30). The Morgan fingerprint density at radius 3 is 2.45 bits per heavy atom. The van der Waals surface area contributed by atoms with Crippen LogP contribution < -0.4 is 21.9 Å². The quantitative estimate of drug-likeness (QED) is 0.487. The van der Waals surface area contributed by atoms with Gasteiger partial charge in [-0.05, 0) is 30.5 Å². The minimum atomic E-state index is -0.750. The fourth-order valence-electron chi connectivity index (χ4n) is 3.00. The molecule has 0 radical (unpaired) electrons. The molecule has 1 aromatic heterocycles. The first-order valence-electron chi connectivity index (χ1n) is 10.1. The van der Waals surface area contributed by atoms with E-state index in [2.05, 4.69) is 20.9 Å². The smallest absolute Gasteiger partial charge is 0.330 e. The van der Waals surface area contributed by atoms with E-state index in [0.29, 0.717) is 19.4 Å². The van der Waals surface area contributed by atoms with Gasteiger partial charge in [0.15, 0.2) is 12.3 Å². The normalized spacial score (nSPS) is 10.7. The summed E-state index contributed by atoms with van der Waals surface area (Å²) in [5.41, 5.74) is 5.36. The largest absolute Gasteiger partial charge is 0.455 e. The Hall–Kier alpha value is -2.88. The molecule has 168 valence electrons. The van der Waals surface area contributed by atoms with E-state index in [1.807, 2.05) is 13.8 Å². The van der Waals surface area contributed by atoms with Crippen LogP contribution in [0.3, 0.4) is 0 Å². The zero-order valence-corrected chi connectivity index (χ0v) is 19.2. The summed E-state index contributed by atoms with van der Waals surface area (Å²) >= 11 is 3.33. The number of aromatic amines is 1. The van der Waals surface area contributed by atoms with Crippen molar-refractivity contribution in [3.8, 4) is 0 Å². The molecule has 3 N–H and O–H groups in total. The van der Waals surface area contributed by atoms with Crippen molar-refractivity contribution in [2.45, 2.75) is 46.1 Å². The van der Waals surface area contributed by atoms with Crippen molar-refractivity contribution in [2.24, 2.45) is 0 Å². The number of nitrogens with one attached hydrogen (secondary N) is 1. The highest BCUT2D eigenvalue weighted by Gasteiger charge is 2.24. The molecule has 2 rings (SSSR count). The molecule has 0 atom stereocenters. The monoisotopic (exact) mass is 494 g/mol. The highest BCUT2D eigenvalue weighted by atomic mass is 79.9. The number of ether oxygens (including phenoxy) is 1. The minimum Gasteiger partial charge on any atom is -0.455 e. The molecular formula is C21H27BrN4O5. The summed E-state index contributed by atoms with van der Waals surface area (Å²) in [7, 11) is 0. The Labute approximate surface area is 188 Å². The van der Waals surface area contributed by atoms with Gasteiger partial charge in [-0.15, -0.1) is 0 Å². The number of rotatable bonds is 10. The second-order valence-corrected chi connectivity index (χ2v) is 7.92. The molecule has 0 aliphatic heterocycles. The van der Waals surface area contributed by atoms with Gasteiger partial charge in [-0.25, -0.2) is 4.79 Å². The lowest BCUT2D eigenvalue weighted by Gasteiger charge is -2.24. The fourth-order valence-corrected chi connectivity index (χ4v) is 3.27. The van der Waals surface area contributed by atoms with Gasteiger partial charge in [0.25, 0.3) is 11.5 Å². The maximum Gasteiger partial charge on any atom is 0.330 e. The summed E-state index contributed by atoms with van der Waals surface area (Å²) in [6, 6.07) is 7.16. The molecule has 0 aliphatic carbocycles. The van der Waals surface area contributed by atoms with Crippen LogP contribution in [-0.4, -0.2) is 34.6 Å². The minimum absolute atomic E-state index is 0.0135. The highest BCUT2D eigenvalue weighted by molar-refractivity contribution is 9.10. The first-order valence-corrected chi connectivity index (χ1v) is 10.9. The van der Waals surface area contributed by atoms with Crippen molar-refractivity contribution in [1.29, 1.82) is 0 Å². The van der Waals surface area contributed by atoms with Gasteiger partial charge < -0.3 is 15.4 Å². The van der Waals surface area contributed by atoms with Crippen LogP contribution in [-0.2, 0) is 27.3 Å². The average molecular weight is 495 g/mol. The van der Waals surface area contributed by atoms with Gasteiger partial charge in [0, 0.05) is 17.6 Å². The van der Waals surface area contributed by atoms with Crippen molar-refractivity contribution in [3.63, 3.8) is 0 Å². The Kier molecular flexibility index (Phi) is 9.04. The Bertz CT molecular complexity index is 1030. The van der Waals surface area contributed by atoms with Crippen molar-refractivity contribution < 1.29 is 14.3 Å². The van der Waals surface area contributed by atoms with E-state index in [-0.39, 0.29) is 24.5 Å². The van der Waals surface area contributed by atoms with Crippen LogP contribution in [0.5, 0.6) is 0 Å². The Balaban J connectivity index is 2.20. The van der Waals surface area contributed by atoms with Crippen LogP contribution in [0.2, 0.25) is 0 Å². The molecule has 0 fully saturated rings. The van der Waals surface area contributed by atoms with Crippen LogP contribution >= 0.6 is 15.9 Å². The molecule has 0 saturated heterocycles. The van der Waals surface area contributed by atoms with Gasteiger partial charge in [0.2, 0.25) is 0 Å². The number of amides is 1. The number of unbranched alkanes of at least 4 members (excludes halogenated alkanes) is 1. The Morgan fingerprint density at radius 2 is 1.84 bits per heavy atom. The van der Waals surface area contributed by atoms with E-state index < -0.39 is 29.7 Å². The van der Waals surface area contributed by atoms with Crippen LogP contribution in [0.15, 0.2) is 38.3 Å². The van der Waals surface area contributed by atoms with Crippen molar-refractivity contribution >= 4 is 39.3 Å². The van der Waals surface area contributed by atoms with Gasteiger partial charge in [0.1, 0.15) is 5.82 Å². The third-order valence-corrected chi connectivity index (χ3v) is 5.11. The molecule has 0 bridgehead atoms. The van der Waals surface area contributed by atoms with Gasteiger partial charge >= 0.3 is 11.7 Å².